The predicted octanol–water partition coefficient (Wildman–Crippen LogP) is 0.0959. The third kappa shape index (κ3) is 5.32. The Balaban J connectivity index is 3.96. The number of carbonyl (C=O) groups is 1. The number of rotatable bonds is 5. The first kappa shape index (κ1) is 13.5. The van der Waals surface area contributed by atoms with Crippen molar-refractivity contribution in [3.63, 3.8) is 0 Å². The minimum Gasteiger partial charge on any atom is -0.390 e. The monoisotopic (exact) mass is 204 g/mol. The van der Waals surface area contributed by atoms with E-state index < -0.39 is 24.6 Å². The Bertz CT molecular complexity index is 183. The lowest BCUT2D eigenvalue weighted by Crippen LogP contribution is -2.36. The molecule has 0 spiro atoms. The average molecular weight is 204 g/mol. The summed E-state index contributed by atoms with van der Waals surface area (Å²) >= 11 is 0. The molecule has 0 saturated heterocycles. The number of hydrogen-bond acceptors (Lipinski definition) is 4. The third-order valence-corrected chi connectivity index (χ3v) is 2.04. The van der Waals surface area contributed by atoms with E-state index in [1.54, 1.807) is 0 Å². The molecule has 4 heteroatoms. The standard InChI is InChI=1S/C10H20O4/c1-10(2,3)5-4-7(12)9(14)8(13)6-11/h7,9,11-12,14H,4-6H2,1-3H3/t7-,9+/m0/s1. The quantitative estimate of drug-likeness (QED) is 0.593. The van der Waals surface area contributed by atoms with E-state index >= 15 is 0 Å². The van der Waals surface area contributed by atoms with Crippen molar-refractivity contribution in [1.82, 2.24) is 0 Å². The van der Waals surface area contributed by atoms with E-state index in [1.807, 2.05) is 20.8 Å². The highest BCUT2D eigenvalue weighted by Crippen LogP contribution is 2.22. The van der Waals surface area contributed by atoms with Crippen molar-refractivity contribution in [2.45, 2.75) is 45.8 Å². The maximum Gasteiger partial charge on any atom is 0.189 e. The van der Waals surface area contributed by atoms with E-state index in [1.165, 1.54) is 0 Å². The number of ketones is 1. The largest absolute Gasteiger partial charge is 0.390 e. The molecule has 14 heavy (non-hydrogen) atoms. The third-order valence-electron chi connectivity index (χ3n) is 2.04. The van der Waals surface area contributed by atoms with E-state index in [0.29, 0.717) is 12.8 Å². The second-order valence-electron chi connectivity index (χ2n) is 4.74. The Hall–Kier alpha value is -0.450. The molecule has 2 atom stereocenters. The van der Waals surface area contributed by atoms with Gasteiger partial charge in [-0.1, -0.05) is 20.8 Å². The number of aliphatic hydroxyl groups is 3. The highest BCUT2D eigenvalue weighted by Gasteiger charge is 2.24. The lowest BCUT2D eigenvalue weighted by molar-refractivity contribution is -0.136. The van der Waals surface area contributed by atoms with Gasteiger partial charge in [0.15, 0.2) is 5.78 Å². The van der Waals surface area contributed by atoms with Gasteiger partial charge in [-0.3, -0.25) is 4.79 Å². The fraction of sp³-hybridized carbons (Fsp3) is 0.900. The molecule has 3 N–H and O–H groups in total. The van der Waals surface area contributed by atoms with E-state index in [0.717, 1.165) is 0 Å². The number of carbonyl (C=O) groups excluding carboxylic acids is 1. The molecule has 0 aromatic rings. The van der Waals surface area contributed by atoms with Crippen LogP contribution >= 0.6 is 0 Å². The van der Waals surface area contributed by atoms with Crippen molar-refractivity contribution in [2.24, 2.45) is 5.41 Å². The van der Waals surface area contributed by atoms with Crippen LogP contribution < -0.4 is 0 Å². The van der Waals surface area contributed by atoms with Crippen molar-refractivity contribution < 1.29 is 20.1 Å². The topological polar surface area (TPSA) is 77.8 Å². The van der Waals surface area contributed by atoms with Gasteiger partial charge in [0.2, 0.25) is 0 Å². The Morgan fingerprint density at radius 1 is 1.29 bits per heavy atom. The fourth-order valence-electron chi connectivity index (χ4n) is 1.05. The number of hydrogen-bond donors (Lipinski definition) is 3. The van der Waals surface area contributed by atoms with Gasteiger partial charge in [-0.15, -0.1) is 0 Å². The highest BCUT2D eigenvalue weighted by atomic mass is 16.3. The predicted molar refractivity (Wildman–Crippen MR) is 52.8 cm³/mol. The molecular weight excluding hydrogens is 184 g/mol. The van der Waals surface area contributed by atoms with Crippen molar-refractivity contribution >= 4 is 5.78 Å². The van der Waals surface area contributed by atoms with Gasteiger partial charge >= 0.3 is 0 Å². The van der Waals surface area contributed by atoms with E-state index in [9.17, 15) is 15.0 Å². The zero-order chi connectivity index (χ0) is 11.4. The molecule has 0 bridgehead atoms. The van der Waals surface area contributed by atoms with E-state index in [-0.39, 0.29) is 5.41 Å². The molecule has 0 saturated carbocycles. The van der Waals surface area contributed by atoms with Gasteiger partial charge in [0.05, 0.1) is 6.10 Å². The summed E-state index contributed by atoms with van der Waals surface area (Å²) < 4.78 is 0. The van der Waals surface area contributed by atoms with Gasteiger partial charge in [0.25, 0.3) is 0 Å². The Kier molecular flexibility index (Phi) is 5.26. The minimum atomic E-state index is -1.46. The Labute approximate surface area is 84.6 Å². The van der Waals surface area contributed by atoms with Gasteiger partial charge < -0.3 is 15.3 Å². The molecule has 0 aliphatic heterocycles. The number of aliphatic hydroxyl groups excluding tert-OH is 3. The molecule has 0 aliphatic rings. The van der Waals surface area contributed by atoms with E-state index in [2.05, 4.69) is 0 Å². The minimum absolute atomic E-state index is 0.0585. The van der Waals surface area contributed by atoms with Crippen LogP contribution in [0.15, 0.2) is 0 Å². The van der Waals surface area contributed by atoms with Crippen LogP contribution in [0.3, 0.4) is 0 Å². The summed E-state index contributed by atoms with van der Waals surface area (Å²) in [5.74, 6) is -0.730. The van der Waals surface area contributed by atoms with Gasteiger partial charge in [-0.25, -0.2) is 0 Å². The zero-order valence-electron chi connectivity index (χ0n) is 9.03. The summed E-state index contributed by atoms with van der Waals surface area (Å²) in [6.45, 7) is 5.31. The molecule has 0 amide bonds. The summed E-state index contributed by atoms with van der Waals surface area (Å²) in [6.07, 6.45) is -1.46. The summed E-state index contributed by atoms with van der Waals surface area (Å²) in [5, 5.41) is 27.1. The lowest BCUT2D eigenvalue weighted by atomic mass is 9.88. The fourth-order valence-corrected chi connectivity index (χ4v) is 1.05. The molecule has 4 nitrogen and oxygen atoms in total. The number of Topliss-reactive ketones (excluding diaryl/α,β-unsaturated/α-hetero) is 1. The molecule has 0 heterocycles. The molecule has 0 radical (unpaired) electrons. The molecule has 0 aromatic carbocycles. The summed E-state index contributed by atoms with van der Waals surface area (Å²) in [4.78, 5) is 10.8. The second-order valence-corrected chi connectivity index (χ2v) is 4.74. The van der Waals surface area contributed by atoms with Gasteiger partial charge in [-0.05, 0) is 18.3 Å². The summed E-state index contributed by atoms with van der Waals surface area (Å²) in [6, 6.07) is 0. The molecule has 0 fully saturated rings. The van der Waals surface area contributed by atoms with Crippen molar-refractivity contribution in [1.29, 1.82) is 0 Å². The maximum absolute atomic E-state index is 10.8. The Morgan fingerprint density at radius 2 is 1.79 bits per heavy atom. The van der Waals surface area contributed by atoms with Crippen LogP contribution in [0.2, 0.25) is 0 Å². The van der Waals surface area contributed by atoms with Gasteiger partial charge in [-0.2, -0.15) is 0 Å². The smallest absolute Gasteiger partial charge is 0.189 e. The van der Waals surface area contributed by atoms with Crippen LogP contribution in [0.4, 0.5) is 0 Å². The van der Waals surface area contributed by atoms with Crippen LogP contribution in [0, 0.1) is 5.41 Å². The van der Waals surface area contributed by atoms with E-state index in [4.69, 9.17) is 5.11 Å². The first-order chi connectivity index (χ1) is 6.28. The van der Waals surface area contributed by atoms with Crippen LogP contribution in [0.25, 0.3) is 0 Å². The first-order valence-corrected chi connectivity index (χ1v) is 4.77. The van der Waals surface area contributed by atoms with Crippen LogP contribution in [0.5, 0.6) is 0 Å². The summed E-state index contributed by atoms with van der Waals surface area (Å²) in [5.41, 5.74) is 0.0585. The van der Waals surface area contributed by atoms with Crippen molar-refractivity contribution in [2.75, 3.05) is 6.61 Å². The molecule has 0 aromatic heterocycles. The highest BCUT2D eigenvalue weighted by molar-refractivity contribution is 5.84. The molecular formula is C10H20O4. The maximum atomic E-state index is 10.8. The van der Waals surface area contributed by atoms with Crippen LogP contribution in [-0.2, 0) is 4.79 Å². The summed E-state index contributed by atoms with van der Waals surface area (Å²) in [7, 11) is 0. The normalized spacial score (nSPS) is 16.4. The molecule has 0 rings (SSSR count). The lowest BCUT2D eigenvalue weighted by Gasteiger charge is -2.22. The second kappa shape index (κ2) is 5.44. The van der Waals surface area contributed by atoms with Crippen molar-refractivity contribution in [3.05, 3.63) is 0 Å². The zero-order valence-corrected chi connectivity index (χ0v) is 9.03. The molecule has 84 valence electrons. The molecule has 0 aliphatic carbocycles. The van der Waals surface area contributed by atoms with Crippen LogP contribution in [0.1, 0.15) is 33.6 Å². The van der Waals surface area contributed by atoms with Crippen LogP contribution in [-0.4, -0.2) is 39.9 Å². The van der Waals surface area contributed by atoms with Crippen molar-refractivity contribution in [3.8, 4) is 0 Å². The first-order valence-electron chi connectivity index (χ1n) is 4.77. The van der Waals surface area contributed by atoms with Gasteiger partial charge in [0.1, 0.15) is 12.7 Å². The Morgan fingerprint density at radius 3 is 2.14 bits per heavy atom. The average Bonchev–Trinajstić information content (AvgIpc) is 2.10. The molecule has 0 unspecified atom stereocenters. The SMILES string of the molecule is CC(C)(C)CC[C@H](O)[C@@H](O)C(=O)CO. The van der Waals surface area contributed by atoms with Gasteiger partial charge in [0, 0.05) is 0 Å².